The van der Waals surface area contributed by atoms with Gasteiger partial charge in [0.25, 0.3) is 0 Å². The number of methoxy groups -OCH3 is 3. The maximum Gasteiger partial charge on any atom is 0.203 e. The second-order valence-corrected chi connectivity index (χ2v) is 5.85. The first-order valence-electron chi connectivity index (χ1n) is 7.16. The molecule has 0 radical (unpaired) electrons. The quantitative estimate of drug-likeness (QED) is 0.720. The van der Waals surface area contributed by atoms with Crippen LogP contribution in [0.5, 0.6) is 17.2 Å². The zero-order chi connectivity index (χ0) is 15.9. The van der Waals surface area contributed by atoms with Crippen LogP contribution in [-0.2, 0) is 6.54 Å². The van der Waals surface area contributed by atoms with Gasteiger partial charge in [-0.15, -0.1) is 0 Å². The van der Waals surface area contributed by atoms with Gasteiger partial charge in [0.15, 0.2) is 11.5 Å². The Labute approximate surface area is 128 Å². The predicted molar refractivity (Wildman–Crippen MR) is 85.6 cm³/mol. The van der Waals surface area contributed by atoms with Crippen molar-refractivity contribution in [3.05, 3.63) is 17.7 Å². The van der Waals surface area contributed by atoms with Gasteiger partial charge in [-0.3, -0.25) is 0 Å². The molecule has 21 heavy (non-hydrogen) atoms. The molecule has 2 N–H and O–H groups in total. The molecule has 0 unspecified atom stereocenters. The Morgan fingerprint density at radius 1 is 0.905 bits per heavy atom. The highest BCUT2D eigenvalue weighted by Crippen LogP contribution is 2.39. The molecular weight excluding hydrogens is 268 g/mol. The molecule has 1 rings (SSSR count). The van der Waals surface area contributed by atoms with Crippen molar-refractivity contribution < 1.29 is 14.2 Å². The summed E-state index contributed by atoms with van der Waals surface area (Å²) in [4.78, 5) is 0. The average molecular weight is 296 g/mol. The Kier molecular flexibility index (Phi) is 6.78. The molecule has 0 saturated carbocycles. The number of ether oxygens (including phenoxy) is 3. The van der Waals surface area contributed by atoms with Crippen LogP contribution in [0.2, 0.25) is 0 Å². The smallest absolute Gasteiger partial charge is 0.203 e. The Balaban J connectivity index is 2.63. The molecular formula is C16H28N2O3. The van der Waals surface area contributed by atoms with E-state index in [9.17, 15) is 0 Å². The third kappa shape index (κ3) is 5.44. The fourth-order valence-electron chi connectivity index (χ4n) is 2.05. The molecule has 0 bridgehead atoms. The molecule has 0 aliphatic rings. The molecule has 1 aromatic carbocycles. The van der Waals surface area contributed by atoms with Gasteiger partial charge in [-0.25, -0.2) is 0 Å². The summed E-state index contributed by atoms with van der Waals surface area (Å²) in [5, 5.41) is 6.84. The third-order valence-corrected chi connectivity index (χ3v) is 3.06. The van der Waals surface area contributed by atoms with Crippen molar-refractivity contribution in [2.24, 2.45) is 0 Å². The number of rotatable bonds is 8. The van der Waals surface area contributed by atoms with E-state index in [2.05, 4.69) is 31.4 Å². The van der Waals surface area contributed by atoms with Gasteiger partial charge in [0, 0.05) is 30.7 Å². The summed E-state index contributed by atoms with van der Waals surface area (Å²) in [5.41, 5.74) is 1.19. The van der Waals surface area contributed by atoms with Crippen LogP contribution >= 0.6 is 0 Å². The number of hydrogen-bond acceptors (Lipinski definition) is 5. The molecule has 0 aromatic heterocycles. The van der Waals surface area contributed by atoms with E-state index >= 15 is 0 Å². The SMILES string of the molecule is COc1ccc(CNCCNC(C)(C)C)c(OC)c1OC. The van der Waals surface area contributed by atoms with Gasteiger partial charge in [-0.05, 0) is 26.8 Å². The lowest BCUT2D eigenvalue weighted by Crippen LogP contribution is -2.40. The van der Waals surface area contributed by atoms with Crippen LogP contribution in [0.1, 0.15) is 26.3 Å². The van der Waals surface area contributed by atoms with Crippen LogP contribution in [0, 0.1) is 0 Å². The molecule has 0 spiro atoms. The van der Waals surface area contributed by atoms with E-state index in [1.807, 2.05) is 12.1 Å². The fourth-order valence-corrected chi connectivity index (χ4v) is 2.05. The van der Waals surface area contributed by atoms with Crippen molar-refractivity contribution in [3.63, 3.8) is 0 Å². The molecule has 0 saturated heterocycles. The van der Waals surface area contributed by atoms with Crippen molar-refractivity contribution in [2.75, 3.05) is 34.4 Å². The molecule has 0 atom stereocenters. The monoisotopic (exact) mass is 296 g/mol. The second-order valence-electron chi connectivity index (χ2n) is 5.85. The number of benzene rings is 1. The first-order chi connectivity index (χ1) is 9.92. The summed E-state index contributed by atoms with van der Waals surface area (Å²) in [6, 6.07) is 3.89. The third-order valence-electron chi connectivity index (χ3n) is 3.06. The molecule has 5 heteroatoms. The van der Waals surface area contributed by atoms with E-state index in [1.54, 1.807) is 21.3 Å². The normalized spacial score (nSPS) is 11.3. The highest BCUT2D eigenvalue weighted by Gasteiger charge is 2.15. The maximum absolute atomic E-state index is 5.46. The lowest BCUT2D eigenvalue weighted by molar-refractivity contribution is 0.321. The molecule has 5 nitrogen and oxygen atoms in total. The minimum Gasteiger partial charge on any atom is -0.493 e. The zero-order valence-electron chi connectivity index (χ0n) is 14.0. The largest absolute Gasteiger partial charge is 0.493 e. The fraction of sp³-hybridized carbons (Fsp3) is 0.625. The standard InChI is InChI=1S/C16H28N2O3/c1-16(2,3)18-10-9-17-11-12-7-8-13(19-4)15(21-6)14(12)20-5/h7-8,17-18H,9-11H2,1-6H3. The Bertz CT molecular complexity index is 442. The molecule has 0 heterocycles. The van der Waals surface area contributed by atoms with E-state index in [0.717, 1.165) is 25.2 Å². The number of hydrogen-bond donors (Lipinski definition) is 2. The van der Waals surface area contributed by atoms with Gasteiger partial charge in [0.05, 0.1) is 21.3 Å². The highest BCUT2D eigenvalue weighted by atomic mass is 16.5. The Morgan fingerprint density at radius 3 is 2.10 bits per heavy atom. The first-order valence-corrected chi connectivity index (χ1v) is 7.16. The molecule has 0 aliphatic carbocycles. The zero-order valence-corrected chi connectivity index (χ0v) is 14.0. The summed E-state index contributed by atoms with van der Waals surface area (Å²) in [6.07, 6.45) is 0. The number of nitrogens with one attached hydrogen (secondary N) is 2. The van der Waals surface area contributed by atoms with Crippen LogP contribution < -0.4 is 24.8 Å². The van der Waals surface area contributed by atoms with Crippen LogP contribution in [-0.4, -0.2) is 40.0 Å². The summed E-state index contributed by atoms with van der Waals surface area (Å²) >= 11 is 0. The minimum absolute atomic E-state index is 0.142. The van der Waals surface area contributed by atoms with Crippen molar-refractivity contribution in [1.82, 2.24) is 10.6 Å². The van der Waals surface area contributed by atoms with Gasteiger partial charge in [0.1, 0.15) is 0 Å². The molecule has 0 fully saturated rings. The van der Waals surface area contributed by atoms with Crippen LogP contribution in [0.3, 0.4) is 0 Å². The van der Waals surface area contributed by atoms with E-state index in [0.29, 0.717) is 17.2 Å². The van der Waals surface area contributed by atoms with E-state index in [1.165, 1.54) is 0 Å². The van der Waals surface area contributed by atoms with Crippen molar-refractivity contribution in [2.45, 2.75) is 32.9 Å². The van der Waals surface area contributed by atoms with Crippen molar-refractivity contribution >= 4 is 0 Å². The average Bonchev–Trinajstić information content (AvgIpc) is 2.44. The van der Waals surface area contributed by atoms with Crippen LogP contribution in [0.25, 0.3) is 0 Å². The van der Waals surface area contributed by atoms with Gasteiger partial charge in [-0.1, -0.05) is 6.07 Å². The highest BCUT2D eigenvalue weighted by molar-refractivity contribution is 5.55. The minimum atomic E-state index is 0.142. The van der Waals surface area contributed by atoms with E-state index < -0.39 is 0 Å². The molecule has 120 valence electrons. The summed E-state index contributed by atoms with van der Waals surface area (Å²) in [5.74, 6) is 2.02. The van der Waals surface area contributed by atoms with E-state index in [-0.39, 0.29) is 5.54 Å². The van der Waals surface area contributed by atoms with Gasteiger partial charge in [0.2, 0.25) is 5.75 Å². The van der Waals surface area contributed by atoms with Gasteiger partial charge < -0.3 is 24.8 Å². The van der Waals surface area contributed by atoms with Gasteiger partial charge in [-0.2, -0.15) is 0 Å². The molecule has 0 aliphatic heterocycles. The molecule has 1 aromatic rings. The first kappa shape index (κ1) is 17.6. The lowest BCUT2D eigenvalue weighted by atomic mass is 10.1. The van der Waals surface area contributed by atoms with Gasteiger partial charge >= 0.3 is 0 Å². The summed E-state index contributed by atoms with van der Waals surface area (Å²) < 4.78 is 16.1. The van der Waals surface area contributed by atoms with Crippen LogP contribution in [0.15, 0.2) is 12.1 Å². The maximum atomic E-state index is 5.46. The Hall–Kier alpha value is -1.46. The topological polar surface area (TPSA) is 51.8 Å². The summed E-state index contributed by atoms with van der Waals surface area (Å²) in [7, 11) is 4.88. The summed E-state index contributed by atoms with van der Waals surface area (Å²) in [6.45, 7) is 8.99. The Morgan fingerprint density at radius 2 is 1.57 bits per heavy atom. The van der Waals surface area contributed by atoms with Crippen LogP contribution in [0.4, 0.5) is 0 Å². The van der Waals surface area contributed by atoms with Crippen molar-refractivity contribution in [3.8, 4) is 17.2 Å². The second kappa shape index (κ2) is 8.10. The van der Waals surface area contributed by atoms with Crippen molar-refractivity contribution in [1.29, 1.82) is 0 Å². The predicted octanol–water partition coefficient (Wildman–Crippen LogP) is 2.19. The van der Waals surface area contributed by atoms with E-state index in [4.69, 9.17) is 14.2 Å². The lowest BCUT2D eigenvalue weighted by Gasteiger charge is -2.21. The molecule has 0 amide bonds.